The number of aromatic nitrogens is 1. The summed E-state index contributed by atoms with van der Waals surface area (Å²) in [6.45, 7) is 5.71. The molecule has 0 spiro atoms. The fourth-order valence-electron chi connectivity index (χ4n) is 1.49. The molecule has 0 amide bonds. The normalized spacial score (nSPS) is 14.2. The zero-order valence-corrected chi connectivity index (χ0v) is 11.6. The zero-order valence-electron chi connectivity index (χ0n) is 10.8. The minimum Gasteiger partial charge on any atom is -0.591 e. The first-order valence-electron chi connectivity index (χ1n) is 5.78. The second-order valence-corrected chi connectivity index (χ2v) is 6.95. The van der Waals surface area contributed by atoms with Crippen LogP contribution < -0.4 is 0 Å². The lowest BCUT2D eigenvalue weighted by Crippen LogP contribution is -2.25. The predicted octanol–water partition coefficient (Wildman–Crippen LogP) is 3.12. The Morgan fingerprint density at radius 3 is 2.67 bits per heavy atom. The number of fused-ring (bicyclic) bond motifs is 1. The quantitative estimate of drug-likeness (QED) is 0.615. The van der Waals surface area contributed by atoms with E-state index in [9.17, 15) is 4.55 Å². The van der Waals surface area contributed by atoms with Crippen LogP contribution in [0.15, 0.2) is 40.9 Å². The molecule has 94 valence electrons. The van der Waals surface area contributed by atoms with E-state index in [0.29, 0.717) is 0 Å². The van der Waals surface area contributed by atoms with Crippen LogP contribution in [0.5, 0.6) is 0 Å². The van der Waals surface area contributed by atoms with E-state index in [4.69, 9.17) is 0 Å². The standard InChI is InChI=1S/C14H16N2OS/c1-14(2,3)18(17)16-10-12-7-4-6-11-8-5-9-15-13(11)12/h4-10H,1-3H3. The molecule has 3 nitrogen and oxygen atoms in total. The molecule has 0 aliphatic heterocycles. The van der Waals surface area contributed by atoms with Gasteiger partial charge in [-0.25, -0.2) is 0 Å². The Kier molecular flexibility index (Phi) is 3.68. The van der Waals surface area contributed by atoms with Gasteiger partial charge < -0.3 is 4.55 Å². The van der Waals surface area contributed by atoms with Gasteiger partial charge in [-0.1, -0.05) is 28.7 Å². The van der Waals surface area contributed by atoms with E-state index in [1.165, 1.54) is 0 Å². The SMILES string of the molecule is CC(C)(C)[S+]([O-])N=Cc1cccc2cccnc12. The summed E-state index contributed by atoms with van der Waals surface area (Å²) in [5.41, 5.74) is 1.78. The summed E-state index contributed by atoms with van der Waals surface area (Å²) in [5.74, 6) is 0. The fourth-order valence-corrected chi connectivity index (χ4v) is 2.02. The van der Waals surface area contributed by atoms with E-state index < -0.39 is 11.4 Å². The van der Waals surface area contributed by atoms with Crippen molar-refractivity contribution in [3.05, 3.63) is 42.1 Å². The molecular formula is C14H16N2OS. The van der Waals surface area contributed by atoms with Crippen molar-refractivity contribution in [2.24, 2.45) is 4.40 Å². The van der Waals surface area contributed by atoms with Gasteiger partial charge in [0, 0.05) is 17.1 Å². The zero-order chi connectivity index (χ0) is 13.2. The third kappa shape index (κ3) is 2.89. The molecule has 0 radical (unpaired) electrons. The topological polar surface area (TPSA) is 48.3 Å². The molecule has 0 saturated carbocycles. The predicted molar refractivity (Wildman–Crippen MR) is 77.2 cm³/mol. The van der Waals surface area contributed by atoms with Crippen LogP contribution >= 0.6 is 0 Å². The maximum Gasteiger partial charge on any atom is 0.144 e. The van der Waals surface area contributed by atoms with Gasteiger partial charge in [0.15, 0.2) is 0 Å². The number of hydrogen-bond donors (Lipinski definition) is 0. The number of para-hydroxylation sites is 1. The van der Waals surface area contributed by atoms with Crippen LogP contribution in [-0.4, -0.2) is 20.5 Å². The van der Waals surface area contributed by atoms with Gasteiger partial charge in [0.2, 0.25) is 0 Å². The van der Waals surface area contributed by atoms with Crippen molar-refractivity contribution >= 4 is 28.5 Å². The van der Waals surface area contributed by atoms with Crippen LogP contribution in [0.25, 0.3) is 10.9 Å². The maximum absolute atomic E-state index is 11.9. The van der Waals surface area contributed by atoms with E-state index in [2.05, 4.69) is 9.38 Å². The van der Waals surface area contributed by atoms with Crippen LogP contribution in [0.3, 0.4) is 0 Å². The Hall–Kier alpha value is -1.39. The molecule has 1 unspecified atom stereocenters. The van der Waals surface area contributed by atoms with Gasteiger partial charge in [0.25, 0.3) is 0 Å². The second kappa shape index (κ2) is 5.08. The average Bonchev–Trinajstić information content (AvgIpc) is 2.34. The Labute approximate surface area is 110 Å². The van der Waals surface area contributed by atoms with Gasteiger partial charge in [-0.3, -0.25) is 4.98 Å². The highest BCUT2D eigenvalue weighted by atomic mass is 32.2. The lowest BCUT2D eigenvalue weighted by molar-refractivity contribution is 0.562. The molecule has 4 heteroatoms. The maximum atomic E-state index is 11.9. The van der Waals surface area contributed by atoms with E-state index in [-0.39, 0.29) is 4.75 Å². The van der Waals surface area contributed by atoms with Crippen molar-refractivity contribution in [1.29, 1.82) is 0 Å². The van der Waals surface area contributed by atoms with Crippen molar-refractivity contribution in [2.45, 2.75) is 25.5 Å². The van der Waals surface area contributed by atoms with E-state index in [1.54, 1.807) is 12.4 Å². The summed E-state index contributed by atoms with van der Waals surface area (Å²) in [7, 11) is 0. The first-order chi connectivity index (χ1) is 8.48. The Bertz CT molecular complexity index is 570. The van der Waals surface area contributed by atoms with Crippen LogP contribution in [0, 0.1) is 0 Å². The Morgan fingerprint density at radius 1 is 1.22 bits per heavy atom. The minimum absolute atomic E-state index is 0.339. The number of rotatable bonds is 2. The van der Waals surface area contributed by atoms with Crippen molar-refractivity contribution < 1.29 is 4.55 Å². The van der Waals surface area contributed by atoms with Crippen molar-refractivity contribution in [3.8, 4) is 0 Å². The van der Waals surface area contributed by atoms with E-state index in [1.807, 2.05) is 51.1 Å². The van der Waals surface area contributed by atoms with Crippen molar-refractivity contribution in [1.82, 2.24) is 4.98 Å². The molecule has 1 atom stereocenters. The number of hydrogen-bond acceptors (Lipinski definition) is 3. The van der Waals surface area contributed by atoms with Gasteiger partial charge in [-0.05, 0) is 26.8 Å². The molecular weight excluding hydrogens is 244 g/mol. The number of pyridine rings is 1. The molecule has 0 aliphatic rings. The molecule has 18 heavy (non-hydrogen) atoms. The monoisotopic (exact) mass is 260 g/mol. The van der Waals surface area contributed by atoms with Crippen molar-refractivity contribution in [2.75, 3.05) is 0 Å². The van der Waals surface area contributed by atoms with Crippen LogP contribution in [0.1, 0.15) is 26.3 Å². The van der Waals surface area contributed by atoms with Crippen molar-refractivity contribution in [3.63, 3.8) is 0 Å². The summed E-state index contributed by atoms with van der Waals surface area (Å²) in [6, 6.07) is 9.78. The molecule has 2 aromatic rings. The molecule has 2 rings (SSSR count). The molecule has 0 N–H and O–H groups in total. The molecule has 0 saturated heterocycles. The molecule has 1 aromatic heterocycles. The van der Waals surface area contributed by atoms with Crippen LogP contribution in [0.4, 0.5) is 0 Å². The third-order valence-electron chi connectivity index (χ3n) is 2.48. The van der Waals surface area contributed by atoms with Gasteiger partial charge in [0.05, 0.1) is 11.7 Å². The highest BCUT2D eigenvalue weighted by Gasteiger charge is 2.25. The summed E-state index contributed by atoms with van der Waals surface area (Å²) in [5, 5.41) is 1.06. The smallest absolute Gasteiger partial charge is 0.144 e. The van der Waals surface area contributed by atoms with Crippen LogP contribution in [-0.2, 0) is 11.4 Å². The Balaban J connectivity index is 2.35. The lowest BCUT2D eigenvalue weighted by atomic mass is 10.1. The molecule has 1 heterocycles. The van der Waals surface area contributed by atoms with Gasteiger partial charge in [0.1, 0.15) is 16.1 Å². The van der Waals surface area contributed by atoms with Gasteiger partial charge in [-0.2, -0.15) is 0 Å². The number of nitrogens with zero attached hydrogens (tertiary/aromatic N) is 2. The molecule has 1 aromatic carbocycles. The highest BCUT2D eigenvalue weighted by Crippen LogP contribution is 2.18. The van der Waals surface area contributed by atoms with Crippen LogP contribution in [0.2, 0.25) is 0 Å². The first kappa shape index (κ1) is 13.1. The largest absolute Gasteiger partial charge is 0.591 e. The highest BCUT2D eigenvalue weighted by molar-refractivity contribution is 7.91. The summed E-state index contributed by atoms with van der Waals surface area (Å²) >= 11 is -1.24. The summed E-state index contributed by atoms with van der Waals surface area (Å²) < 4.78 is 15.7. The number of benzene rings is 1. The molecule has 0 aliphatic carbocycles. The lowest BCUT2D eigenvalue weighted by Gasteiger charge is -2.17. The summed E-state index contributed by atoms with van der Waals surface area (Å²) in [6.07, 6.45) is 3.40. The second-order valence-electron chi connectivity index (χ2n) is 5.02. The molecule has 0 bridgehead atoms. The van der Waals surface area contributed by atoms with Gasteiger partial charge >= 0.3 is 0 Å². The van der Waals surface area contributed by atoms with E-state index >= 15 is 0 Å². The Morgan fingerprint density at radius 2 is 1.94 bits per heavy atom. The van der Waals surface area contributed by atoms with E-state index in [0.717, 1.165) is 16.5 Å². The minimum atomic E-state index is -1.24. The average molecular weight is 260 g/mol. The summed E-state index contributed by atoms with van der Waals surface area (Å²) in [4.78, 5) is 4.33. The molecule has 0 fully saturated rings. The van der Waals surface area contributed by atoms with Gasteiger partial charge in [-0.15, -0.1) is 0 Å². The third-order valence-corrected chi connectivity index (χ3v) is 3.82. The fraction of sp³-hybridized carbons (Fsp3) is 0.286. The first-order valence-corrected chi connectivity index (χ1v) is 6.89.